The van der Waals surface area contributed by atoms with E-state index in [-0.39, 0.29) is 30.4 Å². The number of benzene rings is 1. The summed E-state index contributed by atoms with van der Waals surface area (Å²) in [6, 6.07) is 8.45. The van der Waals surface area contributed by atoms with Gasteiger partial charge in [-0.15, -0.1) is 13.2 Å². The van der Waals surface area contributed by atoms with Crippen LogP contribution in [0.5, 0.6) is 0 Å². The van der Waals surface area contributed by atoms with E-state index in [1.807, 2.05) is 51.1 Å². The highest BCUT2D eigenvalue weighted by Gasteiger charge is 2.78. The third-order valence-electron chi connectivity index (χ3n) is 8.46. The number of aliphatic hydroxyl groups excluding tert-OH is 1. The number of likely N-dealkylation sites (tertiary alicyclic amines) is 1. The van der Waals surface area contributed by atoms with Gasteiger partial charge >= 0.3 is 0 Å². The molecule has 2 unspecified atom stereocenters. The van der Waals surface area contributed by atoms with Crippen molar-refractivity contribution in [3.05, 3.63) is 55.6 Å². The summed E-state index contributed by atoms with van der Waals surface area (Å²) < 4.78 is 6.76. The molecule has 1 aromatic carbocycles. The van der Waals surface area contributed by atoms with Gasteiger partial charge in [-0.3, -0.25) is 14.4 Å². The van der Waals surface area contributed by atoms with Crippen molar-refractivity contribution in [2.45, 2.75) is 69.7 Å². The first-order valence-corrected chi connectivity index (χ1v) is 13.7. The molecule has 5 atom stereocenters. The minimum atomic E-state index is -1.08. The number of anilines is 1. The molecule has 8 nitrogen and oxygen atoms in total. The number of carbonyl (C=O) groups excluding carboxylic acids is 3. The minimum Gasteiger partial charge on any atom is -0.396 e. The predicted octanol–water partition coefficient (Wildman–Crippen LogP) is 3.17. The van der Waals surface area contributed by atoms with Crippen LogP contribution in [0.25, 0.3) is 0 Å². The van der Waals surface area contributed by atoms with Crippen LogP contribution < -0.4 is 4.90 Å². The van der Waals surface area contributed by atoms with Crippen LogP contribution in [0.1, 0.15) is 46.5 Å². The molecule has 38 heavy (non-hydrogen) atoms. The lowest BCUT2D eigenvalue weighted by Crippen LogP contribution is -2.57. The van der Waals surface area contributed by atoms with Gasteiger partial charge in [0.05, 0.1) is 17.4 Å². The van der Waals surface area contributed by atoms with E-state index in [1.54, 1.807) is 26.9 Å². The van der Waals surface area contributed by atoms with Crippen molar-refractivity contribution >= 4 is 23.4 Å². The molecule has 3 aliphatic heterocycles. The van der Waals surface area contributed by atoms with Crippen molar-refractivity contribution in [1.29, 1.82) is 0 Å². The molecule has 3 amide bonds. The number of amides is 3. The van der Waals surface area contributed by atoms with Gasteiger partial charge in [-0.2, -0.15) is 0 Å². The van der Waals surface area contributed by atoms with Crippen molar-refractivity contribution in [3.8, 4) is 0 Å². The summed E-state index contributed by atoms with van der Waals surface area (Å²) in [6.45, 7) is 14.4. The van der Waals surface area contributed by atoms with Crippen LogP contribution in [0.2, 0.25) is 0 Å². The molecule has 2 bridgehead atoms. The van der Waals surface area contributed by atoms with Gasteiger partial charge in [0.25, 0.3) is 0 Å². The van der Waals surface area contributed by atoms with Crippen molar-refractivity contribution in [3.63, 3.8) is 0 Å². The molecule has 0 saturated carbocycles. The molecule has 4 rings (SSSR count). The lowest BCUT2D eigenvalue weighted by Gasteiger charge is -2.38. The Balaban J connectivity index is 1.78. The Kier molecular flexibility index (Phi) is 8.14. The molecule has 1 aromatic rings. The summed E-state index contributed by atoms with van der Waals surface area (Å²) in [5.74, 6) is -2.06. The first-order valence-electron chi connectivity index (χ1n) is 13.7. The molecule has 3 aliphatic rings. The summed E-state index contributed by atoms with van der Waals surface area (Å²) in [7, 11) is 0. The number of carbonyl (C=O) groups is 3. The third kappa shape index (κ3) is 4.47. The van der Waals surface area contributed by atoms with Crippen LogP contribution in [-0.2, 0) is 19.1 Å². The molecule has 206 valence electrons. The number of hydrogen-bond acceptors (Lipinski definition) is 5. The molecule has 0 aromatic heterocycles. The predicted molar refractivity (Wildman–Crippen MR) is 146 cm³/mol. The number of fused-ring (bicyclic) bond motifs is 1. The van der Waals surface area contributed by atoms with Crippen LogP contribution in [0, 0.1) is 11.8 Å². The molecule has 3 heterocycles. The van der Waals surface area contributed by atoms with Crippen LogP contribution in [0.4, 0.5) is 5.69 Å². The number of rotatable bonds is 12. The van der Waals surface area contributed by atoms with Crippen LogP contribution >= 0.6 is 0 Å². The largest absolute Gasteiger partial charge is 0.396 e. The monoisotopic (exact) mass is 523 g/mol. The highest BCUT2D eigenvalue weighted by Crippen LogP contribution is 2.63. The van der Waals surface area contributed by atoms with E-state index in [2.05, 4.69) is 13.2 Å². The number of unbranched alkanes of at least 4 members (excludes halogenated alkanes) is 1. The summed E-state index contributed by atoms with van der Waals surface area (Å²) in [4.78, 5) is 47.7. The number of para-hydroxylation sites is 1. The van der Waals surface area contributed by atoms with Gasteiger partial charge < -0.3 is 24.5 Å². The number of hydrogen-bond donors (Lipinski definition) is 1. The van der Waals surface area contributed by atoms with Gasteiger partial charge in [-0.05, 0) is 58.6 Å². The fraction of sp³-hybridized carbons (Fsp3) is 0.567. The number of ether oxygens (including phenoxy) is 1. The van der Waals surface area contributed by atoms with Crippen molar-refractivity contribution < 1.29 is 24.2 Å². The molecular weight excluding hydrogens is 482 g/mol. The molecule has 1 spiro atoms. The highest BCUT2D eigenvalue weighted by atomic mass is 16.5. The Morgan fingerprint density at radius 3 is 2.42 bits per heavy atom. The fourth-order valence-electron chi connectivity index (χ4n) is 6.79. The second kappa shape index (κ2) is 11.0. The molecule has 0 radical (unpaired) electrons. The Bertz CT molecular complexity index is 1070. The van der Waals surface area contributed by atoms with Gasteiger partial charge in [-0.1, -0.05) is 30.4 Å². The SMILES string of the molecule is C=CCN(C(=O)[C@@H]1[C@H]2C(=O)N(CCCCO)C(C(=O)N(CC=C)C(C)C)C23CC[C@@]1(C)O3)c1ccccc1. The number of aliphatic hydroxyl groups is 1. The van der Waals surface area contributed by atoms with E-state index in [0.29, 0.717) is 45.3 Å². The molecule has 3 fully saturated rings. The Hall–Kier alpha value is -2.97. The lowest BCUT2D eigenvalue weighted by atomic mass is 9.66. The molecular formula is C30H41N3O5. The van der Waals surface area contributed by atoms with E-state index in [1.165, 1.54) is 0 Å². The van der Waals surface area contributed by atoms with E-state index < -0.39 is 29.1 Å². The first kappa shape index (κ1) is 28.0. The van der Waals surface area contributed by atoms with Gasteiger partial charge in [-0.25, -0.2) is 0 Å². The second-order valence-electron chi connectivity index (χ2n) is 11.1. The van der Waals surface area contributed by atoms with Crippen molar-refractivity contribution in [1.82, 2.24) is 9.80 Å². The minimum absolute atomic E-state index is 0.00701. The molecule has 8 heteroatoms. The zero-order chi connectivity index (χ0) is 27.7. The average molecular weight is 524 g/mol. The molecule has 1 N–H and O–H groups in total. The Labute approximate surface area is 225 Å². The Morgan fingerprint density at radius 1 is 1.13 bits per heavy atom. The average Bonchev–Trinajstić information content (AvgIpc) is 3.46. The first-order chi connectivity index (χ1) is 18.2. The normalized spacial score (nSPS) is 29.4. The van der Waals surface area contributed by atoms with Crippen LogP contribution in [-0.4, -0.2) is 82.2 Å². The smallest absolute Gasteiger partial charge is 0.248 e. The van der Waals surface area contributed by atoms with Gasteiger partial charge in [0.15, 0.2) is 0 Å². The third-order valence-corrected chi connectivity index (χ3v) is 8.46. The molecule has 3 saturated heterocycles. The van der Waals surface area contributed by atoms with Crippen molar-refractivity contribution in [2.75, 3.05) is 31.1 Å². The topological polar surface area (TPSA) is 90.4 Å². The zero-order valence-corrected chi connectivity index (χ0v) is 22.8. The van der Waals surface area contributed by atoms with Gasteiger partial charge in [0.1, 0.15) is 11.6 Å². The maximum atomic E-state index is 14.3. The highest BCUT2D eigenvalue weighted by molar-refractivity contribution is 6.03. The van der Waals surface area contributed by atoms with E-state index in [9.17, 15) is 19.5 Å². The second-order valence-corrected chi connectivity index (χ2v) is 11.1. The van der Waals surface area contributed by atoms with Crippen LogP contribution in [0.3, 0.4) is 0 Å². The van der Waals surface area contributed by atoms with E-state index >= 15 is 0 Å². The quantitative estimate of drug-likeness (QED) is 0.336. The summed E-state index contributed by atoms with van der Waals surface area (Å²) in [6.07, 6.45) is 5.56. The maximum absolute atomic E-state index is 14.3. The lowest BCUT2D eigenvalue weighted by molar-refractivity contribution is -0.152. The summed E-state index contributed by atoms with van der Waals surface area (Å²) >= 11 is 0. The van der Waals surface area contributed by atoms with E-state index in [4.69, 9.17) is 4.74 Å². The number of nitrogens with zero attached hydrogens (tertiary/aromatic N) is 3. The van der Waals surface area contributed by atoms with E-state index in [0.717, 1.165) is 5.69 Å². The van der Waals surface area contributed by atoms with Crippen molar-refractivity contribution in [2.24, 2.45) is 11.8 Å². The fourth-order valence-corrected chi connectivity index (χ4v) is 6.79. The maximum Gasteiger partial charge on any atom is 0.248 e. The summed E-state index contributed by atoms with van der Waals surface area (Å²) in [5.41, 5.74) is -1.21. The standard InChI is InChI=1S/C30H41N3O5/c1-6-17-31(21(3)4)28(37)25-30-16-15-29(5,38-30)23(24(30)27(36)33(25)19-11-12-20-34)26(35)32(18-7-2)22-13-9-8-10-14-22/h6-10,13-14,21,23-25,34H,1-2,11-12,15-20H2,3-5H3/t23-,24-,25?,29+,30?/m0/s1. The Morgan fingerprint density at radius 2 is 1.82 bits per heavy atom. The van der Waals surface area contributed by atoms with Gasteiger partial charge in [0.2, 0.25) is 17.7 Å². The van der Waals surface area contributed by atoms with Crippen LogP contribution in [0.15, 0.2) is 55.6 Å². The van der Waals surface area contributed by atoms with Gasteiger partial charge in [0, 0.05) is 38.0 Å². The summed E-state index contributed by atoms with van der Waals surface area (Å²) in [5, 5.41) is 9.37. The zero-order valence-electron chi connectivity index (χ0n) is 22.8. The molecule has 0 aliphatic carbocycles.